The Kier molecular flexibility index (Phi) is 5.22. The standard InChI is InChI=1S/C15H12N2O8S/c1-25-15(20)10-4-7-13(12(8-10)17(21)22)26(23,24)16-11-5-2-9(3-6-11)14(18)19/h2-8,16H,1H3,(H,18,19). The first-order chi connectivity index (χ1) is 12.2. The average Bonchev–Trinajstić information content (AvgIpc) is 2.60. The Bertz CT molecular complexity index is 983. The van der Waals surface area contributed by atoms with Crippen LogP contribution in [0.25, 0.3) is 0 Å². The Morgan fingerprint density at radius 2 is 1.69 bits per heavy atom. The summed E-state index contributed by atoms with van der Waals surface area (Å²) < 4.78 is 31.5. The van der Waals surface area contributed by atoms with Crippen molar-refractivity contribution < 1.29 is 32.8 Å². The summed E-state index contributed by atoms with van der Waals surface area (Å²) in [5, 5.41) is 20.0. The number of hydrogen-bond donors (Lipinski definition) is 2. The number of nitrogens with one attached hydrogen (secondary N) is 1. The molecule has 0 heterocycles. The molecule has 0 aromatic heterocycles. The Labute approximate surface area is 147 Å². The molecule has 0 bridgehead atoms. The Morgan fingerprint density at radius 3 is 2.19 bits per heavy atom. The van der Waals surface area contributed by atoms with E-state index in [9.17, 15) is 28.1 Å². The van der Waals surface area contributed by atoms with Gasteiger partial charge in [0.05, 0.1) is 23.2 Å². The number of carboxylic acid groups (broad SMARTS) is 1. The molecule has 0 amide bonds. The molecule has 0 saturated carbocycles. The van der Waals surface area contributed by atoms with Crippen LogP contribution in [0.1, 0.15) is 20.7 Å². The van der Waals surface area contributed by atoms with E-state index in [2.05, 4.69) is 9.46 Å². The lowest BCUT2D eigenvalue weighted by atomic mass is 10.2. The van der Waals surface area contributed by atoms with Gasteiger partial charge in [0.2, 0.25) is 0 Å². The maximum atomic E-state index is 12.4. The van der Waals surface area contributed by atoms with E-state index in [-0.39, 0.29) is 16.8 Å². The molecule has 2 aromatic carbocycles. The van der Waals surface area contributed by atoms with Crippen LogP contribution in [-0.2, 0) is 14.8 Å². The highest BCUT2D eigenvalue weighted by Gasteiger charge is 2.27. The van der Waals surface area contributed by atoms with Gasteiger partial charge < -0.3 is 9.84 Å². The van der Waals surface area contributed by atoms with E-state index in [1.807, 2.05) is 0 Å². The Balaban J connectivity index is 2.43. The molecule has 26 heavy (non-hydrogen) atoms. The normalized spacial score (nSPS) is 10.8. The summed E-state index contributed by atoms with van der Waals surface area (Å²) in [6.45, 7) is 0. The van der Waals surface area contributed by atoms with E-state index in [1.165, 1.54) is 24.3 Å². The number of aromatic carboxylic acids is 1. The number of nitro benzene ring substituents is 1. The van der Waals surface area contributed by atoms with Gasteiger partial charge in [-0.3, -0.25) is 14.8 Å². The van der Waals surface area contributed by atoms with Gasteiger partial charge in [-0.05, 0) is 36.4 Å². The fourth-order valence-corrected chi connectivity index (χ4v) is 3.24. The lowest BCUT2D eigenvalue weighted by Crippen LogP contribution is -2.15. The third-order valence-electron chi connectivity index (χ3n) is 3.25. The van der Waals surface area contributed by atoms with Gasteiger partial charge in [-0.1, -0.05) is 0 Å². The predicted octanol–water partition coefficient (Wildman–Crippen LogP) is 1.88. The van der Waals surface area contributed by atoms with Crippen molar-refractivity contribution in [3.8, 4) is 0 Å². The molecule has 2 aromatic rings. The van der Waals surface area contributed by atoms with Crippen LogP contribution in [0.5, 0.6) is 0 Å². The van der Waals surface area contributed by atoms with E-state index < -0.39 is 37.5 Å². The summed E-state index contributed by atoms with van der Waals surface area (Å²) >= 11 is 0. The first-order valence-corrected chi connectivity index (χ1v) is 8.37. The first-order valence-electron chi connectivity index (χ1n) is 6.88. The van der Waals surface area contributed by atoms with E-state index in [4.69, 9.17) is 5.11 Å². The molecule has 136 valence electrons. The largest absolute Gasteiger partial charge is 0.478 e. The maximum absolute atomic E-state index is 12.4. The molecule has 0 fully saturated rings. The molecule has 0 aliphatic rings. The highest BCUT2D eigenvalue weighted by Crippen LogP contribution is 2.27. The molecule has 0 atom stereocenters. The molecule has 0 aliphatic heterocycles. The zero-order valence-corrected chi connectivity index (χ0v) is 14.0. The van der Waals surface area contributed by atoms with Gasteiger partial charge in [0.15, 0.2) is 4.90 Å². The topological polar surface area (TPSA) is 153 Å². The predicted molar refractivity (Wildman–Crippen MR) is 88.6 cm³/mol. The molecule has 2 N–H and O–H groups in total. The van der Waals surface area contributed by atoms with E-state index in [0.29, 0.717) is 0 Å². The van der Waals surface area contributed by atoms with Crippen LogP contribution >= 0.6 is 0 Å². The molecule has 0 saturated heterocycles. The summed E-state index contributed by atoms with van der Waals surface area (Å²) in [4.78, 5) is 31.9. The van der Waals surface area contributed by atoms with Gasteiger partial charge in [-0.2, -0.15) is 0 Å². The van der Waals surface area contributed by atoms with Crippen molar-refractivity contribution in [1.82, 2.24) is 0 Å². The van der Waals surface area contributed by atoms with Crippen molar-refractivity contribution in [2.24, 2.45) is 0 Å². The van der Waals surface area contributed by atoms with Gasteiger partial charge in [0, 0.05) is 11.8 Å². The first kappa shape index (κ1) is 18.9. The van der Waals surface area contributed by atoms with Crippen LogP contribution < -0.4 is 4.72 Å². The molecule has 0 spiro atoms. The number of methoxy groups -OCH3 is 1. The van der Waals surface area contributed by atoms with Crippen LogP contribution in [0.15, 0.2) is 47.4 Å². The van der Waals surface area contributed by atoms with Gasteiger partial charge in [0.25, 0.3) is 15.7 Å². The minimum Gasteiger partial charge on any atom is -0.478 e. The average molecular weight is 380 g/mol. The third kappa shape index (κ3) is 3.95. The lowest BCUT2D eigenvalue weighted by molar-refractivity contribution is -0.387. The van der Waals surface area contributed by atoms with Crippen LogP contribution in [0, 0.1) is 10.1 Å². The maximum Gasteiger partial charge on any atom is 0.338 e. The quantitative estimate of drug-likeness (QED) is 0.437. The third-order valence-corrected chi connectivity index (χ3v) is 4.68. The van der Waals surface area contributed by atoms with Crippen molar-refractivity contribution in [3.63, 3.8) is 0 Å². The van der Waals surface area contributed by atoms with Crippen molar-refractivity contribution >= 4 is 33.3 Å². The van der Waals surface area contributed by atoms with Crippen molar-refractivity contribution in [1.29, 1.82) is 0 Å². The number of anilines is 1. The number of nitro groups is 1. The molecule has 2 rings (SSSR count). The van der Waals surface area contributed by atoms with E-state index >= 15 is 0 Å². The van der Waals surface area contributed by atoms with Crippen LogP contribution in [-0.4, -0.2) is 37.5 Å². The van der Waals surface area contributed by atoms with Crippen molar-refractivity contribution in [2.45, 2.75) is 4.90 Å². The molecule has 10 nitrogen and oxygen atoms in total. The highest BCUT2D eigenvalue weighted by atomic mass is 32.2. The zero-order chi connectivity index (χ0) is 19.5. The molecular weight excluding hydrogens is 368 g/mol. The zero-order valence-electron chi connectivity index (χ0n) is 13.2. The van der Waals surface area contributed by atoms with Crippen molar-refractivity contribution in [2.75, 3.05) is 11.8 Å². The molecule has 11 heteroatoms. The number of ether oxygens (including phenoxy) is 1. The summed E-state index contributed by atoms with van der Waals surface area (Å²) in [7, 11) is -3.28. The number of carbonyl (C=O) groups excluding carboxylic acids is 1. The summed E-state index contributed by atoms with van der Waals surface area (Å²) in [5.74, 6) is -2.04. The van der Waals surface area contributed by atoms with Crippen LogP contribution in [0.4, 0.5) is 11.4 Å². The van der Waals surface area contributed by atoms with Crippen molar-refractivity contribution in [3.05, 3.63) is 63.7 Å². The van der Waals surface area contributed by atoms with Crippen LogP contribution in [0.3, 0.4) is 0 Å². The number of nitrogens with zero attached hydrogens (tertiary/aromatic N) is 1. The second kappa shape index (κ2) is 7.19. The summed E-state index contributed by atoms with van der Waals surface area (Å²) in [6, 6.07) is 7.56. The molecule has 0 radical (unpaired) electrons. The molecule has 0 aliphatic carbocycles. The van der Waals surface area contributed by atoms with Gasteiger partial charge >= 0.3 is 11.9 Å². The monoisotopic (exact) mass is 380 g/mol. The minimum atomic E-state index is -4.36. The lowest BCUT2D eigenvalue weighted by Gasteiger charge is -2.09. The fourth-order valence-electron chi connectivity index (χ4n) is 2.02. The summed E-state index contributed by atoms with van der Waals surface area (Å²) in [5.41, 5.74) is -1.02. The number of carbonyl (C=O) groups is 2. The number of esters is 1. The van der Waals surface area contributed by atoms with Gasteiger partial charge in [-0.15, -0.1) is 0 Å². The highest BCUT2D eigenvalue weighted by molar-refractivity contribution is 7.92. The number of rotatable bonds is 6. The second-order valence-corrected chi connectivity index (χ2v) is 6.57. The Morgan fingerprint density at radius 1 is 1.12 bits per heavy atom. The summed E-state index contributed by atoms with van der Waals surface area (Å²) in [6.07, 6.45) is 0. The minimum absolute atomic E-state index is 0.0151. The van der Waals surface area contributed by atoms with Crippen LogP contribution in [0.2, 0.25) is 0 Å². The van der Waals surface area contributed by atoms with Gasteiger partial charge in [0.1, 0.15) is 0 Å². The molecule has 0 unspecified atom stereocenters. The smallest absolute Gasteiger partial charge is 0.338 e. The van der Waals surface area contributed by atoms with E-state index in [0.717, 1.165) is 25.3 Å². The fraction of sp³-hybridized carbons (Fsp3) is 0.0667. The second-order valence-electron chi connectivity index (χ2n) is 4.92. The number of sulfonamides is 1. The molecular formula is C15H12N2O8S. The number of hydrogen-bond acceptors (Lipinski definition) is 7. The van der Waals surface area contributed by atoms with E-state index in [1.54, 1.807) is 0 Å². The number of carboxylic acids is 1. The van der Waals surface area contributed by atoms with Gasteiger partial charge in [-0.25, -0.2) is 18.0 Å². The SMILES string of the molecule is COC(=O)c1ccc(S(=O)(=O)Nc2ccc(C(=O)O)cc2)c([N+](=O)[O-])c1. The number of benzene rings is 2. The Hall–Kier alpha value is -3.47.